The maximum absolute atomic E-state index is 5.62. The van der Waals surface area contributed by atoms with Gasteiger partial charge in [-0.3, -0.25) is 9.89 Å². The quantitative estimate of drug-likeness (QED) is 0.647. The second-order valence-corrected chi connectivity index (χ2v) is 6.78. The summed E-state index contributed by atoms with van der Waals surface area (Å²) >= 11 is 0. The minimum absolute atomic E-state index is 0.194. The summed E-state index contributed by atoms with van der Waals surface area (Å²) in [7, 11) is 3.85. The smallest absolute Gasteiger partial charge is 0.193 e. The van der Waals surface area contributed by atoms with Gasteiger partial charge in [0.2, 0.25) is 0 Å². The normalized spacial score (nSPS) is 21.8. The Morgan fingerprint density at radius 2 is 2.12 bits per heavy atom. The molecule has 3 rings (SSSR count). The van der Waals surface area contributed by atoms with E-state index in [0.29, 0.717) is 6.54 Å². The van der Waals surface area contributed by atoms with E-state index in [-0.39, 0.29) is 5.54 Å². The van der Waals surface area contributed by atoms with Gasteiger partial charge in [-0.1, -0.05) is 5.16 Å². The van der Waals surface area contributed by atoms with Gasteiger partial charge >= 0.3 is 0 Å². The summed E-state index contributed by atoms with van der Waals surface area (Å²) < 4.78 is 10.5. The van der Waals surface area contributed by atoms with Crippen LogP contribution < -0.4 is 5.32 Å². The first-order chi connectivity index (χ1) is 11.7. The summed E-state index contributed by atoms with van der Waals surface area (Å²) in [6, 6.07) is 1.88. The van der Waals surface area contributed by atoms with Crippen molar-refractivity contribution in [2.45, 2.75) is 37.8 Å². The Morgan fingerprint density at radius 3 is 2.75 bits per heavy atom. The van der Waals surface area contributed by atoms with Crippen molar-refractivity contribution in [1.82, 2.24) is 20.3 Å². The standard InChI is InChI=1S/C17H29N5O2/c1-18-16(21(2)13-15-5-10-24-20-15)19-14-17(6-11-23-12-7-17)22-8-3-4-9-22/h5,10H,3-4,6-9,11-14H2,1-2H3,(H,18,19). The fraction of sp³-hybridized carbons (Fsp3) is 0.765. The van der Waals surface area contributed by atoms with E-state index in [4.69, 9.17) is 9.26 Å². The van der Waals surface area contributed by atoms with Crippen molar-refractivity contribution in [3.63, 3.8) is 0 Å². The van der Waals surface area contributed by atoms with Crippen molar-refractivity contribution in [3.8, 4) is 0 Å². The topological polar surface area (TPSA) is 66.1 Å². The van der Waals surface area contributed by atoms with Gasteiger partial charge in [0.05, 0.1) is 6.54 Å². The molecule has 0 radical (unpaired) electrons. The number of hydrogen-bond donors (Lipinski definition) is 1. The van der Waals surface area contributed by atoms with E-state index in [1.807, 2.05) is 20.2 Å². The molecule has 0 aromatic carbocycles. The lowest BCUT2D eigenvalue weighted by molar-refractivity contribution is -0.0166. The van der Waals surface area contributed by atoms with Crippen LogP contribution in [-0.4, -0.2) is 73.4 Å². The van der Waals surface area contributed by atoms with Crippen molar-refractivity contribution in [2.24, 2.45) is 4.99 Å². The number of nitrogens with one attached hydrogen (secondary N) is 1. The highest BCUT2D eigenvalue weighted by Gasteiger charge is 2.39. The summed E-state index contributed by atoms with van der Waals surface area (Å²) in [4.78, 5) is 9.17. The zero-order valence-electron chi connectivity index (χ0n) is 14.8. The van der Waals surface area contributed by atoms with Gasteiger partial charge < -0.3 is 19.5 Å². The molecule has 0 unspecified atom stereocenters. The Hall–Kier alpha value is -1.60. The fourth-order valence-electron chi connectivity index (χ4n) is 3.81. The summed E-state index contributed by atoms with van der Waals surface area (Å²) in [5, 5.41) is 7.56. The number of hydrogen-bond acceptors (Lipinski definition) is 5. The molecular weight excluding hydrogens is 306 g/mol. The van der Waals surface area contributed by atoms with E-state index in [9.17, 15) is 0 Å². The largest absolute Gasteiger partial charge is 0.381 e. The molecule has 7 heteroatoms. The van der Waals surface area contributed by atoms with Crippen molar-refractivity contribution in [2.75, 3.05) is 46.9 Å². The maximum atomic E-state index is 5.62. The zero-order chi connectivity index (χ0) is 16.8. The van der Waals surface area contributed by atoms with E-state index in [2.05, 4.69) is 25.3 Å². The number of likely N-dealkylation sites (tertiary alicyclic amines) is 1. The molecular formula is C17H29N5O2. The van der Waals surface area contributed by atoms with Crippen LogP contribution >= 0.6 is 0 Å². The van der Waals surface area contributed by atoms with Crippen LogP contribution in [0.5, 0.6) is 0 Å². The van der Waals surface area contributed by atoms with E-state index >= 15 is 0 Å². The highest BCUT2D eigenvalue weighted by Crippen LogP contribution is 2.30. The Morgan fingerprint density at radius 1 is 1.38 bits per heavy atom. The van der Waals surface area contributed by atoms with Gasteiger partial charge in [0.1, 0.15) is 12.0 Å². The average Bonchev–Trinajstić information content (AvgIpc) is 3.30. The van der Waals surface area contributed by atoms with Crippen LogP contribution in [-0.2, 0) is 11.3 Å². The molecule has 1 N–H and O–H groups in total. The number of guanidine groups is 1. The van der Waals surface area contributed by atoms with Crippen LogP contribution in [0.1, 0.15) is 31.4 Å². The second-order valence-electron chi connectivity index (χ2n) is 6.78. The van der Waals surface area contributed by atoms with E-state index in [1.165, 1.54) is 25.9 Å². The van der Waals surface area contributed by atoms with Gasteiger partial charge in [-0.15, -0.1) is 0 Å². The molecule has 0 atom stereocenters. The molecule has 0 amide bonds. The molecule has 0 saturated carbocycles. The zero-order valence-corrected chi connectivity index (χ0v) is 14.8. The Bertz CT molecular complexity index is 519. The van der Waals surface area contributed by atoms with Crippen LogP contribution in [0.15, 0.2) is 21.8 Å². The molecule has 134 valence electrons. The molecule has 7 nitrogen and oxygen atoms in total. The van der Waals surface area contributed by atoms with Gasteiger partial charge in [-0.2, -0.15) is 0 Å². The molecule has 2 saturated heterocycles. The van der Waals surface area contributed by atoms with Crippen LogP contribution in [0.3, 0.4) is 0 Å². The predicted molar refractivity (Wildman–Crippen MR) is 92.9 cm³/mol. The van der Waals surface area contributed by atoms with Gasteiger partial charge in [0.25, 0.3) is 0 Å². The fourth-order valence-corrected chi connectivity index (χ4v) is 3.81. The minimum Gasteiger partial charge on any atom is -0.381 e. The van der Waals surface area contributed by atoms with Crippen LogP contribution in [0, 0.1) is 0 Å². The average molecular weight is 335 g/mol. The van der Waals surface area contributed by atoms with E-state index < -0.39 is 0 Å². The molecule has 0 bridgehead atoms. The third-order valence-corrected chi connectivity index (χ3v) is 5.24. The van der Waals surface area contributed by atoms with Crippen molar-refractivity contribution >= 4 is 5.96 Å². The molecule has 0 spiro atoms. The lowest BCUT2D eigenvalue weighted by Gasteiger charge is -2.45. The number of aliphatic imine (C=N–C) groups is 1. The van der Waals surface area contributed by atoms with E-state index in [0.717, 1.165) is 44.3 Å². The highest BCUT2D eigenvalue weighted by molar-refractivity contribution is 5.79. The Labute approximate surface area is 144 Å². The third kappa shape index (κ3) is 3.89. The number of ether oxygens (including phenoxy) is 1. The molecule has 0 aliphatic carbocycles. The van der Waals surface area contributed by atoms with Crippen molar-refractivity contribution in [3.05, 3.63) is 18.0 Å². The van der Waals surface area contributed by atoms with Gasteiger partial charge in [0.15, 0.2) is 5.96 Å². The van der Waals surface area contributed by atoms with Crippen LogP contribution in [0.4, 0.5) is 0 Å². The monoisotopic (exact) mass is 335 g/mol. The van der Waals surface area contributed by atoms with Gasteiger partial charge in [0, 0.05) is 45.5 Å². The van der Waals surface area contributed by atoms with Crippen LogP contribution in [0.2, 0.25) is 0 Å². The Kier molecular flexibility index (Phi) is 5.73. The van der Waals surface area contributed by atoms with Gasteiger partial charge in [-0.05, 0) is 38.8 Å². The van der Waals surface area contributed by atoms with Crippen molar-refractivity contribution in [1.29, 1.82) is 0 Å². The highest BCUT2D eigenvalue weighted by atomic mass is 16.5. The minimum atomic E-state index is 0.194. The summed E-state index contributed by atoms with van der Waals surface area (Å²) in [6.45, 7) is 5.70. The number of rotatable bonds is 5. The molecule has 1 aromatic heterocycles. The number of nitrogens with zero attached hydrogens (tertiary/aromatic N) is 4. The lowest BCUT2D eigenvalue weighted by atomic mass is 9.88. The maximum Gasteiger partial charge on any atom is 0.193 e. The van der Waals surface area contributed by atoms with Crippen molar-refractivity contribution < 1.29 is 9.26 Å². The molecule has 2 aliphatic rings. The van der Waals surface area contributed by atoms with Gasteiger partial charge in [-0.25, -0.2) is 0 Å². The van der Waals surface area contributed by atoms with E-state index in [1.54, 1.807) is 6.26 Å². The first-order valence-corrected chi connectivity index (χ1v) is 8.87. The SMILES string of the molecule is CN=C(NCC1(N2CCCC2)CCOCC1)N(C)Cc1ccon1. The molecule has 1 aromatic rings. The summed E-state index contributed by atoms with van der Waals surface area (Å²) in [5.41, 5.74) is 1.10. The molecule has 2 fully saturated rings. The molecule has 3 heterocycles. The third-order valence-electron chi connectivity index (χ3n) is 5.24. The predicted octanol–water partition coefficient (Wildman–Crippen LogP) is 1.33. The summed E-state index contributed by atoms with van der Waals surface area (Å²) in [5.74, 6) is 0.892. The van der Waals surface area contributed by atoms with Crippen LogP contribution in [0.25, 0.3) is 0 Å². The Balaban J connectivity index is 1.61. The lowest BCUT2D eigenvalue weighted by Crippen LogP contribution is -2.58. The number of aromatic nitrogens is 1. The second kappa shape index (κ2) is 7.98. The first-order valence-electron chi connectivity index (χ1n) is 8.87. The molecule has 2 aliphatic heterocycles. The first kappa shape index (κ1) is 17.2. The molecule has 24 heavy (non-hydrogen) atoms. The summed E-state index contributed by atoms with van der Waals surface area (Å²) in [6.07, 6.45) is 6.39.